The minimum atomic E-state index is -0.301. The molecule has 1 fully saturated rings. The summed E-state index contributed by atoms with van der Waals surface area (Å²) in [6, 6.07) is 11.7. The Morgan fingerprint density at radius 3 is 2.56 bits per heavy atom. The number of hydrogen-bond donors (Lipinski definition) is 0. The van der Waals surface area contributed by atoms with Crippen LogP contribution in [0.2, 0.25) is 0 Å². The van der Waals surface area contributed by atoms with Crippen LogP contribution >= 0.6 is 0 Å². The highest BCUT2D eigenvalue weighted by molar-refractivity contribution is 6.41. The summed E-state index contributed by atoms with van der Waals surface area (Å²) >= 11 is 0. The number of carbonyl (C=O) groups excluding carboxylic acids is 1. The molecule has 2 aliphatic heterocycles. The maximum Gasteiger partial charge on any atom is 0.314 e. The van der Waals surface area contributed by atoms with Gasteiger partial charge >= 0.3 is 5.91 Å². The number of ether oxygens (including phenoxy) is 1. The monoisotopic (exact) mass is 435 g/mol. The van der Waals surface area contributed by atoms with Crippen LogP contribution < -0.4 is 5.56 Å². The molecular weight excluding hydrogens is 406 g/mol. The Balaban J connectivity index is 1.63. The van der Waals surface area contributed by atoms with Crippen LogP contribution in [0.15, 0.2) is 62.6 Å². The van der Waals surface area contributed by atoms with Crippen LogP contribution in [0.25, 0.3) is 10.9 Å². The average molecular weight is 436 g/mol. The summed E-state index contributed by atoms with van der Waals surface area (Å²) in [6.07, 6.45) is 1.68. The minimum Gasteiger partial charge on any atom is -0.477 e. The molecule has 1 amide bonds. The number of likely N-dealkylation sites (N-methyl/N-ethyl adjacent to an activating group) is 1. The van der Waals surface area contributed by atoms with Crippen LogP contribution in [-0.4, -0.2) is 65.8 Å². The van der Waals surface area contributed by atoms with Gasteiger partial charge in [0, 0.05) is 44.5 Å². The third-order valence-corrected chi connectivity index (χ3v) is 6.22. The highest BCUT2D eigenvalue weighted by Crippen LogP contribution is 2.29. The van der Waals surface area contributed by atoms with Gasteiger partial charge in [-0.15, -0.1) is 0 Å². The number of hydrogen-bond acceptors (Lipinski definition) is 6. The van der Waals surface area contributed by atoms with Gasteiger partial charge in [-0.2, -0.15) is 0 Å². The number of para-hydroxylation sites is 1. The van der Waals surface area contributed by atoms with Crippen LogP contribution in [-0.2, 0) is 9.53 Å². The SMILES string of the molecule is CCN=C1/C(=C(\C)N2CCC(n3c(=O)ccc4ccccc43)CC2)N=C(OC)C(=O)N1C. The Kier molecular flexibility index (Phi) is 6.12. The molecule has 0 N–H and O–H groups in total. The number of aliphatic imine (C=N–C) groups is 2. The van der Waals surface area contributed by atoms with Crippen molar-refractivity contribution >= 4 is 28.5 Å². The highest BCUT2D eigenvalue weighted by Gasteiger charge is 2.33. The topological polar surface area (TPSA) is 79.5 Å². The quantitative estimate of drug-likeness (QED) is 0.743. The van der Waals surface area contributed by atoms with E-state index in [0.717, 1.165) is 42.5 Å². The van der Waals surface area contributed by atoms with Crippen molar-refractivity contribution in [2.75, 3.05) is 33.8 Å². The predicted octanol–water partition coefficient (Wildman–Crippen LogP) is 2.81. The third kappa shape index (κ3) is 3.81. The van der Waals surface area contributed by atoms with Gasteiger partial charge in [0.05, 0.1) is 12.6 Å². The third-order valence-electron chi connectivity index (χ3n) is 6.22. The summed E-state index contributed by atoms with van der Waals surface area (Å²) in [5.41, 5.74) is 2.63. The molecule has 8 nitrogen and oxygen atoms in total. The molecule has 0 radical (unpaired) electrons. The summed E-state index contributed by atoms with van der Waals surface area (Å²) in [6.45, 7) is 6.05. The van der Waals surface area contributed by atoms with E-state index >= 15 is 0 Å². The first-order chi connectivity index (χ1) is 15.5. The lowest BCUT2D eigenvalue weighted by Crippen LogP contribution is -2.45. The zero-order valence-corrected chi connectivity index (χ0v) is 19.0. The summed E-state index contributed by atoms with van der Waals surface area (Å²) in [7, 11) is 3.14. The largest absolute Gasteiger partial charge is 0.477 e. The Bertz CT molecular complexity index is 1190. The van der Waals surface area contributed by atoms with Crippen LogP contribution in [0, 0.1) is 0 Å². The lowest BCUT2D eigenvalue weighted by atomic mass is 10.0. The molecule has 1 saturated heterocycles. The number of amidine groups is 1. The van der Waals surface area contributed by atoms with Crippen molar-refractivity contribution in [3.63, 3.8) is 0 Å². The zero-order chi connectivity index (χ0) is 22.8. The van der Waals surface area contributed by atoms with Gasteiger partial charge in [-0.05, 0) is 44.2 Å². The average Bonchev–Trinajstić information content (AvgIpc) is 2.82. The summed E-state index contributed by atoms with van der Waals surface area (Å²) in [5, 5.41) is 1.07. The number of piperidine rings is 1. The van der Waals surface area contributed by atoms with E-state index in [4.69, 9.17) is 4.74 Å². The molecule has 1 aromatic heterocycles. The molecule has 0 atom stereocenters. The van der Waals surface area contributed by atoms with E-state index in [9.17, 15) is 9.59 Å². The molecule has 0 saturated carbocycles. The van der Waals surface area contributed by atoms with Gasteiger partial charge in [-0.1, -0.05) is 18.2 Å². The van der Waals surface area contributed by atoms with Crippen molar-refractivity contribution in [2.45, 2.75) is 32.7 Å². The van der Waals surface area contributed by atoms with Gasteiger partial charge in [0.25, 0.3) is 11.5 Å². The van der Waals surface area contributed by atoms with Crippen molar-refractivity contribution in [1.82, 2.24) is 14.4 Å². The van der Waals surface area contributed by atoms with E-state index < -0.39 is 0 Å². The molecule has 0 aliphatic carbocycles. The molecule has 168 valence electrons. The van der Waals surface area contributed by atoms with Gasteiger partial charge < -0.3 is 14.2 Å². The molecular formula is C24H29N5O3. The van der Waals surface area contributed by atoms with Gasteiger partial charge in [-0.3, -0.25) is 19.5 Å². The molecule has 0 bridgehead atoms. The molecule has 2 aromatic rings. The number of aromatic nitrogens is 1. The molecule has 1 aromatic carbocycles. The second kappa shape index (κ2) is 8.98. The number of methoxy groups -OCH3 is 1. The van der Waals surface area contributed by atoms with E-state index in [2.05, 4.69) is 14.9 Å². The number of amides is 1. The Hall–Kier alpha value is -3.42. The number of nitrogens with zero attached hydrogens (tertiary/aromatic N) is 5. The van der Waals surface area contributed by atoms with Crippen LogP contribution in [0.4, 0.5) is 0 Å². The number of allylic oxidation sites excluding steroid dienone is 1. The fourth-order valence-electron chi connectivity index (χ4n) is 4.50. The molecule has 0 spiro atoms. The molecule has 4 rings (SSSR count). The van der Waals surface area contributed by atoms with E-state index in [0.29, 0.717) is 18.1 Å². The number of carbonyl (C=O) groups is 1. The van der Waals surface area contributed by atoms with E-state index in [-0.39, 0.29) is 23.4 Å². The number of benzene rings is 1. The first-order valence-electron chi connectivity index (χ1n) is 11.0. The standard InChI is InChI=1S/C24H29N5O3/c1-5-25-22-21(26-23(32-4)24(31)27(22)3)16(2)28-14-12-18(13-15-28)29-19-9-7-6-8-17(19)10-11-20(29)30/h6-11,18H,5,12-15H2,1-4H3/b21-16-,25-22?. The zero-order valence-electron chi connectivity index (χ0n) is 19.0. The smallest absolute Gasteiger partial charge is 0.314 e. The van der Waals surface area contributed by atoms with Gasteiger partial charge in [0.2, 0.25) is 0 Å². The minimum absolute atomic E-state index is 0.0383. The van der Waals surface area contributed by atoms with Crippen molar-refractivity contribution in [3.8, 4) is 0 Å². The van der Waals surface area contributed by atoms with Gasteiger partial charge in [0.15, 0.2) is 5.84 Å². The van der Waals surface area contributed by atoms with Crippen molar-refractivity contribution in [1.29, 1.82) is 0 Å². The maximum absolute atomic E-state index is 12.7. The number of rotatable bonds is 3. The highest BCUT2D eigenvalue weighted by atomic mass is 16.5. The normalized spacial score (nSPS) is 20.7. The lowest BCUT2D eigenvalue weighted by Gasteiger charge is -2.37. The lowest BCUT2D eigenvalue weighted by molar-refractivity contribution is -0.121. The molecule has 32 heavy (non-hydrogen) atoms. The van der Waals surface area contributed by atoms with E-state index in [1.165, 1.54) is 12.0 Å². The molecule has 2 aliphatic rings. The van der Waals surface area contributed by atoms with Crippen molar-refractivity contribution in [2.24, 2.45) is 9.98 Å². The number of likely N-dealkylation sites (tertiary alicyclic amines) is 1. The van der Waals surface area contributed by atoms with Crippen LogP contribution in [0.1, 0.15) is 32.7 Å². The number of pyridine rings is 1. The number of fused-ring (bicyclic) bond motifs is 1. The Morgan fingerprint density at radius 2 is 1.88 bits per heavy atom. The van der Waals surface area contributed by atoms with Crippen LogP contribution in [0.5, 0.6) is 0 Å². The fourth-order valence-corrected chi connectivity index (χ4v) is 4.50. The first kappa shape index (κ1) is 21.8. The second-order valence-electron chi connectivity index (χ2n) is 8.04. The summed E-state index contributed by atoms with van der Waals surface area (Å²) < 4.78 is 7.15. The molecule has 3 heterocycles. The summed E-state index contributed by atoms with van der Waals surface area (Å²) in [5.74, 6) is 0.322. The van der Waals surface area contributed by atoms with Crippen molar-refractivity contribution in [3.05, 3.63) is 58.1 Å². The van der Waals surface area contributed by atoms with Crippen LogP contribution in [0.3, 0.4) is 0 Å². The predicted molar refractivity (Wildman–Crippen MR) is 126 cm³/mol. The van der Waals surface area contributed by atoms with Gasteiger partial charge in [0.1, 0.15) is 5.70 Å². The Labute approximate surface area is 187 Å². The van der Waals surface area contributed by atoms with E-state index in [1.54, 1.807) is 13.1 Å². The maximum atomic E-state index is 12.7. The Morgan fingerprint density at radius 1 is 1.16 bits per heavy atom. The summed E-state index contributed by atoms with van der Waals surface area (Å²) in [4.78, 5) is 37.9. The fraction of sp³-hybridized carbons (Fsp3) is 0.417. The molecule has 8 heteroatoms. The van der Waals surface area contributed by atoms with E-state index in [1.807, 2.05) is 48.7 Å². The first-order valence-corrected chi connectivity index (χ1v) is 11.0. The van der Waals surface area contributed by atoms with Gasteiger partial charge in [-0.25, -0.2) is 4.99 Å². The van der Waals surface area contributed by atoms with Crippen molar-refractivity contribution < 1.29 is 9.53 Å². The second-order valence-corrected chi connectivity index (χ2v) is 8.04. The molecule has 0 unspecified atom stereocenters.